The van der Waals surface area contributed by atoms with Gasteiger partial charge in [0.05, 0.1) is 11.9 Å². The number of hydrogen-bond donors (Lipinski definition) is 1. The molecule has 1 rings (SSSR count). The SMILES string of the molecule is CCCN(CC(F)(F)F)c1cnc(C(C)C)nc1C(=O)O. The molecule has 0 aliphatic rings. The molecule has 0 aromatic carbocycles. The van der Waals surface area contributed by atoms with Crippen LogP contribution < -0.4 is 4.90 Å². The molecule has 0 radical (unpaired) electrons. The van der Waals surface area contributed by atoms with E-state index in [2.05, 4.69) is 9.97 Å². The van der Waals surface area contributed by atoms with Crippen LogP contribution in [0.4, 0.5) is 18.9 Å². The summed E-state index contributed by atoms with van der Waals surface area (Å²) in [6, 6.07) is 0. The lowest BCUT2D eigenvalue weighted by Gasteiger charge is -2.26. The number of nitrogens with zero attached hydrogens (tertiary/aromatic N) is 3. The van der Waals surface area contributed by atoms with Crippen LogP contribution in [-0.4, -0.2) is 40.3 Å². The molecule has 0 fully saturated rings. The summed E-state index contributed by atoms with van der Waals surface area (Å²) in [4.78, 5) is 20.1. The molecule has 0 saturated heterocycles. The van der Waals surface area contributed by atoms with Gasteiger partial charge < -0.3 is 10.0 Å². The average molecular weight is 305 g/mol. The minimum atomic E-state index is -4.43. The molecule has 0 amide bonds. The van der Waals surface area contributed by atoms with Crippen molar-refractivity contribution >= 4 is 11.7 Å². The molecule has 0 bridgehead atoms. The summed E-state index contributed by atoms with van der Waals surface area (Å²) in [6.45, 7) is 4.11. The van der Waals surface area contributed by atoms with Crippen LogP contribution in [0.5, 0.6) is 0 Å². The summed E-state index contributed by atoms with van der Waals surface area (Å²) in [6.07, 6.45) is -2.82. The van der Waals surface area contributed by atoms with E-state index < -0.39 is 24.4 Å². The summed E-state index contributed by atoms with van der Waals surface area (Å²) in [5.41, 5.74) is -0.502. The van der Waals surface area contributed by atoms with Crippen molar-refractivity contribution in [1.29, 1.82) is 0 Å². The van der Waals surface area contributed by atoms with Crippen LogP contribution in [0, 0.1) is 0 Å². The molecule has 0 aliphatic carbocycles. The molecule has 8 heteroatoms. The van der Waals surface area contributed by atoms with Crippen LogP contribution in [0.2, 0.25) is 0 Å². The van der Waals surface area contributed by atoms with Gasteiger partial charge in [-0.05, 0) is 6.42 Å². The predicted octanol–water partition coefficient (Wildman–Crippen LogP) is 3.08. The van der Waals surface area contributed by atoms with Crippen molar-refractivity contribution in [3.63, 3.8) is 0 Å². The van der Waals surface area contributed by atoms with Crippen LogP contribution in [0.15, 0.2) is 6.20 Å². The first kappa shape index (κ1) is 17.2. The smallest absolute Gasteiger partial charge is 0.405 e. The lowest BCUT2D eigenvalue weighted by Crippen LogP contribution is -2.36. The molecule has 21 heavy (non-hydrogen) atoms. The Hall–Kier alpha value is -1.86. The molecule has 0 spiro atoms. The lowest BCUT2D eigenvalue weighted by molar-refractivity contribution is -0.119. The first-order valence-electron chi connectivity index (χ1n) is 6.57. The van der Waals surface area contributed by atoms with Crippen molar-refractivity contribution in [2.75, 3.05) is 18.0 Å². The molecule has 1 aromatic rings. The molecule has 5 nitrogen and oxygen atoms in total. The van der Waals surface area contributed by atoms with E-state index in [1.807, 2.05) is 0 Å². The van der Waals surface area contributed by atoms with E-state index >= 15 is 0 Å². The Morgan fingerprint density at radius 2 is 2.05 bits per heavy atom. The lowest BCUT2D eigenvalue weighted by atomic mass is 10.2. The van der Waals surface area contributed by atoms with Crippen LogP contribution >= 0.6 is 0 Å². The molecular formula is C13H18F3N3O2. The molecule has 1 aromatic heterocycles. The number of aromatic carboxylic acids is 1. The summed E-state index contributed by atoms with van der Waals surface area (Å²) < 4.78 is 37.9. The number of anilines is 1. The van der Waals surface area contributed by atoms with Crippen molar-refractivity contribution in [2.24, 2.45) is 0 Å². The fraction of sp³-hybridized carbons (Fsp3) is 0.615. The number of alkyl halides is 3. The van der Waals surface area contributed by atoms with E-state index in [-0.39, 0.29) is 18.2 Å². The predicted molar refractivity (Wildman–Crippen MR) is 71.6 cm³/mol. The second kappa shape index (κ2) is 6.73. The van der Waals surface area contributed by atoms with E-state index in [4.69, 9.17) is 0 Å². The summed E-state index contributed by atoms with van der Waals surface area (Å²) in [5.74, 6) is -1.18. The van der Waals surface area contributed by atoms with Gasteiger partial charge in [-0.25, -0.2) is 14.8 Å². The third-order valence-corrected chi connectivity index (χ3v) is 2.71. The topological polar surface area (TPSA) is 66.3 Å². The maximum Gasteiger partial charge on any atom is 0.405 e. The number of carboxylic acids is 1. The van der Waals surface area contributed by atoms with Crippen molar-refractivity contribution in [3.05, 3.63) is 17.7 Å². The standard InChI is InChI=1S/C13H18F3N3O2/c1-4-5-19(7-13(14,15)16)9-6-17-11(8(2)3)18-10(9)12(20)21/h6,8H,4-5,7H2,1-3H3,(H,20,21). The van der Waals surface area contributed by atoms with Crippen LogP contribution in [-0.2, 0) is 0 Å². The average Bonchev–Trinajstić information content (AvgIpc) is 2.35. The van der Waals surface area contributed by atoms with Crippen molar-refractivity contribution in [3.8, 4) is 0 Å². The van der Waals surface area contributed by atoms with Gasteiger partial charge in [0.1, 0.15) is 12.4 Å². The van der Waals surface area contributed by atoms with Gasteiger partial charge in [-0.3, -0.25) is 0 Å². The van der Waals surface area contributed by atoms with Gasteiger partial charge >= 0.3 is 12.1 Å². The number of aromatic nitrogens is 2. The van der Waals surface area contributed by atoms with E-state index in [0.29, 0.717) is 12.2 Å². The van der Waals surface area contributed by atoms with Crippen LogP contribution in [0.1, 0.15) is 49.4 Å². The maximum absolute atomic E-state index is 12.6. The fourth-order valence-corrected chi connectivity index (χ4v) is 1.83. The third kappa shape index (κ3) is 4.87. The highest BCUT2D eigenvalue weighted by atomic mass is 19.4. The minimum Gasteiger partial charge on any atom is -0.476 e. The number of carbonyl (C=O) groups is 1. The van der Waals surface area contributed by atoms with E-state index in [9.17, 15) is 23.1 Å². The Balaban J connectivity index is 3.26. The summed E-state index contributed by atoms with van der Waals surface area (Å²) >= 11 is 0. The zero-order valence-electron chi connectivity index (χ0n) is 12.1. The van der Waals surface area contributed by atoms with E-state index in [0.717, 1.165) is 11.1 Å². The molecule has 1 heterocycles. The normalized spacial score (nSPS) is 11.8. The first-order valence-corrected chi connectivity index (χ1v) is 6.57. The molecule has 0 unspecified atom stereocenters. The molecule has 0 atom stereocenters. The Labute approximate surface area is 120 Å². The van der Waals surface area contributed by atoms with Gasteiger partial charge in [0.2, 0.25) is 0 Å². The van der Waals surface area contributed by atoms with Crippen molar-refractivity contribution in [1.82, 2.24) is 9.97 Å². The number of hydrogen-bond acceptors (Lipinski definition) is 4. The Morgan fingerprint density at radius 3 is 2.48 bits per heavy atom. The fourth-order valence-electron chi connectivity index (χ4n) is 1.83. The van der Waals surface area contributed by atoms with Gasteiger partial charge in [0.25, 0.3) is 0 Å². The summed E-state index contributed by atoms with van der Waals surface area (Å²) in [7, 11) is 0. The number of rotatable bonds is 6. The van der Waals surface area contributed by atoms with Crippen LogP contribution in [0.3, 0.4) is 0 Å². The highest BCUT2D eigenvalue weighted by Gasteiger charge is 2.32. The zero-order valence-corrected chi connectivity index (χ0v) is 12.1. The highest BCUT2D eigenvalue weighted by Crippen LogP contribution is 2.25. The van der Waals surface area contributed by atoms with Gasteiger partial charge in [-0.2, -0.15) is 13.2 Å². The first-order chi connectivity index (χ1) is 9.65. The van der Waals surface area contributed by atoms with E-state index in [1.165, 1.54) is 0 Å². The Morgan fingerprint density at radius 1 is 1.43 bits per heavy atom. The van der Waals surface area contributed by atoms with E-state index in [1.54, 1.807) is 20.8 Å². The highest BCUT2D eigenvalue weighted by molar-refractivity contribution is 5.92. The largest absolute Gasteiger partial charge is 0.476 e. The Bertz CT molecular complexity index is 504. The quantitative estimate of drug-likeness (QED) is 0.875. The molecule has 0 aliphatic heterocycles. The molecular weight excluding hydrogens is 287 g/mol. The van der Waals surface area contributed by atoms with Gasteiger partial charge in [-0.1, -0.05) is 20.8 Å². The molecule has 0 saturated carbocycles. The summed E-state index contributed by atoms with van der Waals surface area (Å²) in [5, 5.41) is 9.19. The minimum absolute atomic E-state index is 0.0736. The van der Waals surface area contributed by atoms with Crippen molar-refractivity contribution < 1.29 is 23.1 Å². The van der Waals surface area contributed by atoms with Gasteiger partial charge in [-0.15, -0.1) is 0 Å². The van der Waals surface area contributed by atoms with Crippen molar-refractivity contribution in [2.45, 2.75) is 39.3 Å². The molecule has 118 valence electrons. The number of carboxylic acid groups (broad SMARTS) is 1. The second-order valence-corrected chi connectivity index (χ2v) is 4.96. The maximum atomic E-state index is 12.6. The second-order valence-electron chi connectivity index (χ2n) is 4.96. The number of halogens is 3. The Kier molecular flexibility index (Phi) is 5.51. The third-order valence-electron chi connectivity index (χ3n) is 2.71. The van der Waals surface area contributed by atoms with Gasteiger partial charge in [0.15, 0.2) is 5.69 Å². The zero-order chi connectivity index (χ0) is 16.2. The van der Waals surface area contributed by atoms with Crippen LogP contribution in [0.25, 0.3) is 0 Å². The molecule has 1 N–H and O–H groups in total. The van der Waals surface area contributed by atoms with Gasteiger partial charge in [0, 0.05) is 12.5 Å². The monoisotopic (exact) mass is 305 g/mol.